The van der Waals surface area contributed by atoms with Gasteiger partial charge in [0.05, 0.1) is 44.2 Å². The zero-order valence-corrected chi connectivity index (χ0v) is 65.7. The van der Waals surface area contributed by atoms with Crippen LogP contribution in [0.15, 0.2) is 93.8 Å². The molecule has 0 aliphatic rings. The van der Waals surface area contributed by atoms with E-state index in [0.29, 0.717) is 89.8 Å². The fourth-order valence-electron chi connectivity index (χ4n) is 14.4. The van der Waals surface area contributed by atoms with Crippen LogP contribution in [0, 0.1) is 0 Å². The van der Waals surface area contributed by atoms with Crippen molar-refractivity contribution in [3.8, 4) is 73.9 Å². The average Bonchev–Trinajstić information content (AvgIpc) is 1.58. The number of nitrogens with zero attached hydrogens (tertiary/aromatic N) is 2. The van der Waals surface area contributed by atoms with E-state index in [0.717, 1.165) is 103 Å². The molecule has 10 heteroatoms. The number of carbonyl (C=O) groups is 1. The third kappa shape index (κ3) is 31.7. The SMILES string of the molecule is CCCCCCCCCCCCOc1ccc(-c2c3nc(-c4cc(OCCCCCCCCCCCC)c(OCCCCCCCCCCCC)c(OCCCCCCCCCCCC)c4)oc3c(-c3ccc(OCCCCCCCCCCCC)cc3)c3nc(-c4ccc(C=O)cc4)oc23)cc1. The van der Waals surface area contributed by atoms with Crippen molar-refractivity contribution in [2.24, 2.45) is 0 Å². The van der Waals surface area contributed by atoms with Crippen LogP contribution < -0.4 is 23.7 Å². The van der Waals surface area contributed by atoms with Gasteiger partial charge in [0, 0.05) is 16.7 Å². The third-order valence-corrected chi connectivity index (χ3v) is 20.8. The van der Waals surface area contributed by atoms with E-state index in [1.165, 1.54) is 270 Å². The molecule has 0 saturated heterocycles. The summed E-state index contributed by atoms with van der Waals surface area (Å²) in [5.74, 6) is 4.47. The molecule has 0 bridgehead atoms. The quantitative estimate of drug-likeness (QED) is 0.0270. The normalized spacial score (nSPS) is 11.6. The molecule has 0 unspecified atom stereocenters. The molecule has 0 fully saturated rings. The van der Waals surface area contributed by atoms with Crippen molar-refractivity contribution in [3.05, 3.63) is 90.5 Å². The molecule has 7 rings (SSSR count). The molecule has 0 atom stereocenters. The van der Waals surface area contributed by atoms with Gasteiger partial charge in [0.2, 0.25) is 17.5 Å². The number of benzene rings is 5. The minimum absolute atomic E-state index is 0.427. The first kappa shape index (κ1) is 84.0. The standard InChI is InChI=1S/C93H140N2O8/c1-6-11-16-21-26-31-36-41-46-51-68-97-81-64-60-77(61-65-81)85-87-90(102-92(94-87)79-58-56-76(75-96)57-59-79)86(78-62-66-82(67-63-78)98-69-52-47-42-37-32-27-22-17-12-7-2)88-91(85)103-93(95-88)80-73-83(99-70-53-48-43-38-33-28-23-18-13-8-3)89(101-72-55-50-45-40-35-30-25-20-15-10-5)84(74-80)100-71-54-49-44-39-34-29-24-19-14-9-4/h56-67,73-75H,6-55,68-72H2,1-5H3. The van der Waals surface area contributed by atoms with Crippen molar-refractivity contribution in [1.82, 2.24) is 9.97 Å². The van der Waals surface area contributed by atoms with E-state index in [4.69, 9.17) is 42.5 Å². The number of oxazole rings is 2. The molecule has 0 spiro atoms. The van der Waals surface area contributed by atoms with Crippen LogP contribution in [0.25, 0.3) is 67.4 Å². The second kappa shape index (κ2) is 53.5. The van der Waals surface area contributed by atoms with Gasteiger partial charge in [-0.1, -0.05) is 360 Å². The second-order valence-electron chi connectivity index (χ2n) is 29.9. The Kier molecular flexibility index (Phi) is 43.6. The fraction of sp³-hybridized carbons (Fsp3) is 0.645. The van der Waals surface area contributed by atoms with Crippen molar-refractivity contribution in [1.29, 1.82) is 0 Å². The summed E-state index contributed by atoms with van der Waals surface area (Å²) >= 11 is 0. The molecule has 5 aromatic carbocycles. The van der Waals surface area contributed by atoms with Crippen LogP contribution in [-0.4, -0.2) is 49.3 Å². The Bertz CT molecular complexity index is 3100. The van der Waals surface area contributed by atoms with E-state index in [1.807, 2.05) is 12.1 Å². The number of fused-ring (bicyclic) bond motifs is 2. The van der Waals surface area contributed by atoms with E-state index in [9.17, 15) is 4.79 Å². The number of unbranched alkanes of at least 4 members (excludes halogenated alkanes) is 45. The van der Waals surface area contributed by atoms with Gasteiger partial charge in [-0.3, -0.25) is 4.79 Å². The van der Waals surface area contributed by atoms with Gasteiger partial charge < -0.3 is 32.5 Å². The summed E-state index contributed by atoms with van der Waals surface area (Å²) in [7, 11) is 0. The van der Waals surface area contributed by atoms with Gasteiger partial charge in [-0.05, 0) is 91.8 Å². The molecule has 2 aromatic heterocycles. The molecule has 7 aromatic rings. The van der Waals surface area contributed by atoms with Crippen LogP contribution in [0.4, 0.5) is 0 Å². The van der Waals surface area contributed by atoms with E-state index in [1.54, 1.807) is 12.1 Å². The molecule has 0 aliphatic heterocycles. The maximum atomic E-state index is 11.9. The molecule has 10 nitrogen and oxygen atoms in total. The molecular formula is C93H140N2O8. The molecule has 2 heterocycles. The second-order valence-corrected chi connectivity index (χ2v) is 29.9. The summed E-state index contributed by atoms with van der Waals surface area (Å²) in [6.07, 6.45) is 63.9. The Morgan fingerprint density at radius 1 is 0.282 bits per heavy atom. The lowest BCUT2D eigenvalue weighted by Crippen LogP contribution is -2.07. The molecular weight excluding hydrogens is 1270 g/mol. The lowest BCUT2D eigenvalue weighted by molar-refractivity contribution is 0.112. The Hall–Kier alpha value is -6.29. The molecule has 0 saturated carbocycles. The van der Waals surface area contributed by atoms with Gasteiger partial charge >= 0.3 is 0 Å². The first-order chi connectivity index (χ1) is 51.0. The summed E-state index contributed by atoms with van der Waals surface area (Å²) in [5, 5.41) is 0. The van der Waals surface area contributed by atoms with Crippen molar-refractivity contribution in [2.75, 3.05) is 33.0 Å². The highest BCUT2D eigenvalue weighted by atomic mass is 16.5. The van der Waals surface area contributed by atoms with Gasteiger partial charge in [-0.25, -0.2) is 9.97 Å². The summed E-state index contributed by atoms with van der Waals surface area (Å²) in [5.41, 5.74) is 7.80. The van der Waals surface area contributed by atoms with Gasteiger partial charge in [0.1, 0.15) is 28.8 Å². The van der Waals surface area contributed by atoms with Crippen molar-refractivity contribution in [3.63, 3.8) is 0 Å². The van der Waals surface area contributed by atoms with Gasteiger partial charge in [0.15, 0.2) is 22.7 Å². The highest BCUT2D eigenvalue weighted by Gasteiger charge is 2.29. The largest absolute Gasteiger partial charge is 0.494 e. The van der Waals surface area contributed by atoms with Crippen molar-refractivity contribution < 1.29 is 37.3 Å². The first-order valence-corrected chi connectivity index (χ1v) is 42.9. The number of carbonyl (C=O) groups excluding carboxylic acids is 1. The molecule has 0 aliphatic carbocycles. The van der Waals surface area contributed by atoms with E-state index < -0.39 is 0 Å². The Balaban J connectivity index is 1.26. The van der Waals surface area contributed by atoms with Crippen LogP contribution in [0.5, 0.6) is 28.7 Å². The highest BCUT2D eigenvalue weighted by Crippen LogP contribution is 2.49. The highest BCUT2D eigenvalue weighted by molar-refractivity contribution is 6.16. The number of rotatable bonds is 65. The van der Waals surface area contributed by atoms with Crippen LogP contribution in [-0.2, 0) is 0 Å². The predicted octanol–water partition coefficient (Wildman–Crippen LogP) is 29.9. The molecule has 0 N–H and O–H groups in total. The lowest BCUT2D eigenvalue weighted by Gasteiger charge is -2.18. The third-order valence-electron chi connectivity index (χ3n) is 20.8. The minimum Gasteiger partial charge on any atom is -0.494 e. The van der Waals surface area contributed by atoms with Crippen LogP contribution in [0.1, 0.15) is 366 Å². The van der Waals surface area contributed by atoms with Crippen LogP contribution in [0.3, 0.4) is 0 Å². The number of hydrogen-bond donors (Lipinski definition) is 0. The summed E-state index contributed by atoms with van der Waals surface area (Å²) in [6.45, 7) is 14.5. The Morgan fingerprint density at radius 2 is 0.534 bits per heavy atom. The lowest BCUT2D eigenvalue weighted by atomic mass is 9.96. The van der Waals surface area contributed by atoms with Crippen LogP contribution >= 0.6 is 0 Å². The van der Waals surface area contributed by atoms with Crippen molar-refractivity contribution >= 4 is 28.5 Å². The zero-order chi connectivity index (χ0) is 72.3. The summed E-state index contributed by atoms with van der Waals surface area (Å²) in [6, 6.07) is 28.2. The Morgan fingerprint density at radius 3 is 0.825 bits per heavy atom. The Labute approximate surface area is 625 Å². The number of aromatic nitrogens is 2. The average molecular weight is 1410 g/mol. The van der Waals surface area contributed by atoms with Crippen LogP contribution in [0.2, 0.25) is 0 Å². The number of aldehydes is 1. The summed E-state index contributed by atoms with van der Waals surface area (Å²) in [4.78, 5) is 22.9. The van der Waals surface area contributed by atoms with E-state index in [-0.39, 0.29) is 0 Å². The van der Waals surface area contributed by atoms with Gasteiger partial charge in [0.25, 0.3) is 0 Å². The van der Waals surface area contributed by atoms with E-state index >= 15 is 0 Å². The van der Waals surface area contributed by atoms with Crippen molar-refractivity contribution in [2.45, 2.75) is 356 Å². The minimum atomic E-state index is 0.427. The number of hydrogen-bond acceptors (Lipinski definition) is 10. The van der Waals surface area contributed by atoms with E-state index in [2.05, 4.69) is 95.3 Å². The van der Waals surface area contributed by atoms with Gasteiger partial charge in [-0.15, -0.1) is 0 Å². The fourth-order valence-corrected chi connectivity index (χ4v) is 14.4. The topological polar surface area (TPSA) is 115 Å². The first-order valence-electron chi connectivity index (χ1n) is 42.9. The zero-order valence-electron chi connectivity index (χ0n) is 65.7. The molecule has 103 heavy (non-hydrogen) atoms. The molecule has 570 valence electrons. The molecule has 0 amide bonds. The predicted molar refractivity (Wildman–Crippen MR) is 435 cm³/mol. The number of ether oxygens (including phenoxy) is 5. The van der Waals surface area contributed by atoms with Gasteiger partial charge in [-0.2, -0.15) is 0 Å². The maximum Gasteiger partial charge on any atom is 0.227 e. The maximum absolute atomic E-state index is 11.9. The summed E-state index contributed by atoms with van der Waals surface area (Å²) < 4.78 is 48.2. The molecule has 0 radical (unpaired) electrons. The monoisotopic (exact) mass is 1410 g/mol. The smallest absolute Gasteiger partial charge is 0.227 e.